The van der Waals surface area contributed by atoms with Crippen LogP contribution < -0.4 is 5.73 Å². The highest BCUT2D eigenvalue weighted by molar-refractivity contribution is 5.85. The maximum Gasteiger partial charge on any atom is 0.0457 e. The number of likely N-dealkylation sites (tertiary alicyclic amines) is 1. The lowest BCUT2D eigenvalue weighted by molar-refractivity contribution is 0.193. The molecule has 0 amide bonds. The number of hydrogen-bond acceptors (Lipinski definition) is 2. The molecule has 0 saturated carbocycles. The van der Waals surface area contributed by atoms with Gasteiger partial charge in [0.05, 0.1) is 0 Å². The zero-order chi connectivity index (χ0) is 13.5. The molecule has 1 saturated heterocycles. The van der Waals surface area contributed by atoms with E-state index in [4.69, 9.17) is 5.73 Å². The summed E-state index contributed by atoms with van der Waals surface area (Å²) < 4.78 is 0. The molecule has 0 bridgehead atoms. The third-order valence-electron chi connectivity index (χ3n) is 4.74. The normalized spacial score (nSPS) is 19.9. The second kappa shape index (κ2) is 4.66. The molecule has 3 N–H and O–H groups in total. The minimum atomic E-state index is 0.151. The number of H-pyrrole nitrogens is 1. The monoisotopic (exact) mass is 257 g/mol. The van der Waals surface area contributed by atoms with E-state index in [1.165, 1.54) is 22.0 Å². The minimum Gasteiger partial charge on any atom is -0.361 e. The second-order valence-electron chi connectivity index (χ2n) is 6.04. The quantitative estimate of drug-likeness (QED) is 0.867. The fourth-order valence-electron chi connectivity index (χ4n) is 3.30. The zero-order valence-corrected chi connectivity index (χ0v) is 11.9. The summed E-state index contributed by atoms with van der Waals surface area (Å²) in [6, 6.07) is 6.62. The van der Waals surface area contributed by atoms with Gasteiger partial charge in [-0.15, -0.1) is 0 Å². The van der Waals surface area contributed by atoms with Crippen LogP contribution >= 0.6 is 0 Å². The summed E-state index contributed by atoms with van der Waals surface area (Å²) in [5.74, 6) is 0. The lowest BCUT2D eigenvalue weighted by atomic mass is 9.72. The Balaban J connectivity index is 2.08. The number of fused-ring (bicyclic) bond motifs is 1. The highest BCUT2D eigenvalue weighted by Crippen LogP contribution is 2.38. The molecule has 3 nitrogen and oxygen atoms in total. The summed E-state index contributed by atoms with van der Waals surface area (Å²) >= 11 is 0. The first-order valence-corrected chi connectivity index (χ1v) is 7.11. The van der Waals surface area contributed by atoms with Gasteiger partial charge in [-0.05, 0) is 57.6 Å². The lowest BCUT2D eigenvalue weighted by Crippen LogP contribution is -2.45. The summed E-state index contributed by atoms with van der Waals surface area (Å²) in [6.07, 6.45) is 4.49. The van der Waals surface area contributed by atoms with Gasteiger partial charge in [0, 0.05) is 29.1 Å². The van der Waals surface area contributed by atoms with Crippen LogP contribution in [0.15, 0.2) is 24.4 Å². The maximum absolute atomic E-state index is 6.17. The van der Waals surface area contributed by atoms with Crippen molar-refractivity contribution < 1.29 is 0 Å². The number of aromatic nitrogens is 1. The predicted octanol–water partition coefficient (Wildman–Crippen LogP) is 2.40. The van der Waals surface area contributed by atoms with Crippen LogP contribution in [0.1, 0.15) is 24.0 Å². The molecule has 19 heavy (non-hydrogen) atoms. The highest BCUT2D eigenvalue weighted by Gasteiger charge is 2.35. The Labute approximate surface area is 114 Å². The molecule has 0 aliphatic carbocycles. The first-order chi connectivity index (χ1) is 9.14. The lowest BCUT2D eigenvalue weighted by Gasteiger charge is -2.40. The van der Waals surface area contributed by atoms with Crippen molar-refractivity contribution in [1.82, 2.24) is 9.88 Å². The molecule has 3 heteroatoms. The van der Waals surface area contributed by atoms with Crippen LogP contribution in [0.3, 0.4) is 0 Å². The van der Waals surface area contributed by atoms with Gasteiger partial charge in [-0.25, -0.2) is 0 Å². The van der Waals surface area contributed by atoms with Gasteiger partial charge < -0.3 is 15.6 Å². The van der Waals surface area contributed by atoms with Crippen LogP contribution in [0, 0.1) is 6.92 Å². The molecule has 2 aromatic rings. The molecule has 1 aliphatic heterocycles. The van der Waals surface area contributed by atoms with Crippen molar-refractivity contribution in [3.63, 3.8) is 0 Å². The van der Waals surface area contributed by atoms with E-state index in [-0.39, 0.29) is 5.41 Å². The van der Waals surface area contributed by atoms with Gasteiger partial charge in [0.2, 0.25) is 0 Å². The molecule has 102 valence electrons. The predicted molar refractivity (Wildman–Crippen MR) is 80.5 cm³/mol. The van der Waals surface area contributed by atoms with E-state index in [0.29, 0.717) is 0 Å². The molecule has 0 spiro atoms. The van der Waals surface area contributed by atoms with E-state index >= 15 is 0 Å². The van der Waals surface area contributed by atoms with E-state index in [1.807, 2.05) is 0 Å². The molecule has 0 atom stereocenters. The number of nitrogens with one attached hydrogen (secondary N) is 1. The Bertz CT molecular complexity index is 577. The molecular formula is C16H23N3. The molecule has 1 fully saturated rings. The zero-order valence-electron chi connectivity index (χ0n) is 11.9. The van der Waals surface area contributed by atoms with E-state index in [9.17, 15) is 0 Å². The van der Waals surface area contributed by atoms with Gasteiger partial charge >= 0.3 is 0 Å². The van der Waals surface area contributed by atoms with Gasteiger partial charge in [-0.3, -0.25) is 0 Å². The van der Waals surface area contributed by atoms with Gasteiger partial charge in [0.15, 0.2) is 0 Å². The van der Waals surface area contributed by atoms with Crippen LogP contribution in [0.2, 0.25) is 0 Å². The number of piperidine rings is 1. The molecule has 2 heterocycles. The molecule has 0 radical (unpaired) electrons. The van der Waals surface area contributed by atoms with Crippen molar-refractivity contribution >= 4 is 10.9 Å². The van der Waals surface area contributed by atoms with Gasteiger partial charge in [0.25, 0.3) is 0 Å². The highest BCUT2D eigenvalue weighted by atomic mass is 15.1. The Hall–Kier alpha value is -1.32. The van der Waals surface area contributed by atoms with E-state index in [0.717, 1.165) is 32.5 Å². The summed E-state index contributed by atoms with van der Waals surface area (Å²) in [5.41, 5.74) is 10.3. The van der Waals surface area contributed by atoms with Crippen molar-refractivity contribution in [2.75, 3.05) is 26.7 Å². The Kier molecular flexibility index (Phi) is 3.11. The smallest absolute Gasteiger partial charge is 0.0457 e. The molecule has 1 aromatic heterocycles. The van der Waals surface area contributed by atoms with Crippen LogP contribution in [0.5, 0.6) is 0 Å². The minimum absolute atomic E-state index is 0.151. The van der Waals surface area contributed by atoms with Crippen LogP contribution in [0.4, 0.5) is 0 Å². The molecule has 1 aromatic carbocycles. The second-order valence-corrected chi connectivity index (χ2v) is 6.04. The molecule has 1 aliphatic rings. The molecular weight excluding hydrogens is 234 g/mol. The summed E-state index contributed by atoms with van der Waals surface area (Å²) in [6.45, 7) is 5.16. The average Bonchev–Trinajstić information content (AvgIpc) is 2.84. The first-order valence-electron chi connectivity index (χ1n) is 7.11. The van der Waals surface area contributed by atoms with Gasteiger partial charge in [-0.2, -0.15) is 0 Å². The summed E-state index contributed by atoms with van der Waals surface area (Å²) in [5, 5.41) is 1.36. The number of rotatable bonds is 2. The standard InChI is InChI=1S/C16H23N3/c1-12-3-4-15-13(9-12)14(10-18-15)16(11-17)5-7-19(2)8-6-16/h3-4,9-10,18H,5-8,11,17H2,1-2H3. The topological polar surface area (TPSA) is 45.1 Å². The van der Waals surface area contributed by atoms with Crippen molar-refractivity contribution in [3.05, 3.63) is 35.5 Å². The summed E-state index contributed by atoms with van der Waals surface area (Å²) in [7, 11) is 2.19. The van der Waals surface area contributed by atoms with Crippen molar-refractivity contribution in [3.8, 4) is 0 Å². The summed E-state index contributed by atoms with van der Waals surface area (Å²) in [4.78, 5) is 5.81. The number of nitrogens with zero attached hydrogens (tertiary/aromatic N) is 1. The van der Waals surface area contributed by atoms with Crippen molar-refractivity contribution in [2.24, 2.45) is 5.73 Å². The van der Waals surface area contributed by atoms with E-state index in [1.54, 1.807) is 0 Å². The first kappa shape index (κ1) is 12.7. The van der Waals surface area contributed by atoms with Crippen LogP contribution in [0.25, 0.3) is 10.9 Å². The Morgan fingerprint density at radius 3 is 2.74 bits per heavy atom. The number of hydrogen-bond donors (Lipinski definition) is 2. The number of benzene rings is 1. The molecule has 0 unspecified atom stereocenters. The number of aryl methyl sites for hydroxylation is 1. The van der Waals surface area contributed by atoms with Crippen molar-refractivity contribution in [2.45, 2.75) is 25.2 Å². The fourth-order valence-corrected chi connectivity index (χ4v) is 3.30. The average molecular weight is 257 g/mol. The van der Waals surface area contributed by atoms with E-state index < -0.39 is 0 Å². The van der Waals surface area contributed by atoms with Crippen molar-refractivity contribution in [1.29, 1.82) is 0 Å². The Morgan fingerprint density at radius 1 is 1.32 bits per heavy atom. The van der Waals surface area contributed by atoms with Gasteiger partial charge in [0.1, 0.15) is 0 Å². The number of aromatic amines is 1. The maximum atomic E-state index is 6.17. The fraction of sp³-hybridized carbons (Fsp3) is 0.500. The SMILES string of the molecule is Cc1ccc2[nH]cc(C3(CN)CCN(C)CC3)c2c1. The van der Waals surface area contributed by atoms with Crippen LogP contribution in [-0.4, -0.2) is 36.6 Å². The largest absolute Gasteiger partial charge is 0.361 e. The number of nitrogens with two attached hydrogens (primary N) is 1. The van der Waals surface area contributed by atoms with Gasteiger partial charge in [-0.1, -0.05) is 11.6 Å². The molecule has 3 rings (SSSR count). The third-order valence-corrected chi connectivity index (χ3v) is 4.74. The Morgan fingerprint density at radius 2 is 2.05 bits per heavy atom. The van der Waals surface area contributed by atoms with E-state index in [2.05, 4.69) is 48.3 Å². The third kappa shape index (κ3) is 2.07. The van der Waals surface area contributed by atoms with Crippen LogP contribution in [-0.2, 0) is 5.41 Å².